The summed E-state index contributed by atoms with van der Waals surface area (Å²) in [4.78, 5) is 15.8. The molecule has 0 atom stereocenters. The van der Waals surface area contributed by atoms with Gasteiger partial charge in [-0.25, -0.2) is 15.0 Å². The molecule has 1 aliphatic rings. The van der Waals surface area contributed by atoms with Gasteiger partial charge in [-0.2, -0.15) is 0 Å². The van der Waals surface area contributed by atoms with Crippen LogP contribution in [0.15, 0.2) is 180 Å². The van der Waals surface area contributed by atoms with Crippen LogP contribution in [0.1, 0.15) is 25.0 Å². The molecule has 59 heavy (non-hydrogen) atoms. The molecule has 11 aromatic rings. The lowest BCUT2D eigenvalue weighted by molar-refractivity contribution is 0.660. The van der Waals surface area contributed by atoms with E-state index in [-0.39, 0.29) is 5.41 Å². The van der Waals surface area contributed by atoms with E-state index in [4.69, 9.17) is 19.4 Å². The van der Waals surface area contributed by atoms with Crippen molar-refractivity contribution in [2.45, 2.75) is 19.3 Å². The third-order valence-electron chi connectivity index (χ3n) is 12.2. The van der Waals surface area contributed by atoms with Gasteiger partial charge >= 0.3 is 0 Å². The summed E-state index contributed by atoms with van der Waals surface area (Å²) in [7, 11) is 0. The maximum absolute atomic E-state index is 6.59. The Balaban J connectivity index is 1.07. The first-order chi connectivity index (χ1) is 29.0. The van der Waals surface area contributed by atoms with Gasteiger partial charge in [0.25, 0.3) is 0 Å². The lowest BCUT2D eigenvalue weighted by Gasteiger charge is -2.21. The molecule has 0 amide bonds. The Morgan fingerprint density at radius 3 is 1.92 bits per heavy atom. The van der Waals surface area contributed by atoms with Gasteiger partial charge in [0.15, 0.2) is 17.5 Å². The summed E-state index contributed by atoms with van der Waals surface area (Å²) >= 11 is 1.78. The molecule has 0 unspecified atom stereocenters. The second-order valence-corrected chi connectivity index (χ2v) is 17.0. The SMILES string of the molecule is CC1(C)c2ccccc2-c2c(-c3ccc4oc5cccc(-c6nc(-c7ccc(-c8ccccc8)cc7)nc(-c7cccc8c7sc7ccccc78)n6)c5c4c3)cccc21. The molecule has 3 aromatic heterocycles. The van der Waals surface area contributed by atoms with Gasteiger partial charge in [-0.1, -0.05) is 159 Å². The molecule has 0 saturated carbocycles. The summed E-state index contributed by atoms with van der Waals surface area (Å²) in [5.41, 5.74) is 14.3. The zero-order valence-electron chi connectivity index (χ0n) is 32.4. The average molecular weight is 774 g/mol. The Morgan fingerprint density at radius 1 is 0.424 bits per heavy atom. The van der Waals surface area contributed by atoms with Gasteiger partial charge in [-0.15, -0.1) is 11.3 Å². The quantitative estimate of drug-likeness (QED) is 0.175. The number of rotatable bonds is 5. The van der Waals surface area contributed by atoms with Crippen LogP contribution in [-0.4, -0.2) is 15.0 Å². The third kappa shape index (κ3) is 5.25. The van der Waals surface area contributed by atoms with Crippen molar-refractivity contribution in [3.05, 3.63) is 187 Å². The third-order valence-corrected chi connectivity index (χ3v) is 13.4. The molecule has 278 valence electrons. The van der Waals surface area contributed by atoms with Gasteiger partial charge in [-0.3, -0.25) is 0 Å². The van der Waals surface area contributed by atoms with Crippen molar-refractivity contribution in [3.8, 4) is 67.5 Å². The first kappa shape index (κ1) is 33.9. The van der Waals surface area contributed by atoms with Crippen LogP contribution in [0.25, 0.3) is 110 Å². The number of thiophene rings is 1. The van der Waals surface area contributed by atoms with Crippen LogP contribution in [0, 0.1) is 0 Å². The highest BCUT2D eigenvalue weighted by Crippen LogP contribution is 2.52. The van der Waals surface area contributed by atoms with Crippen molar-refractivity contribution in [3.63, 3.8) is 0 Å². The Labute approximate surface area is 345 Å². The minimum Gasteiger partial charge on any atom is -0.456 e. The van der Waals surface area contributed by atoms with Crippen molar-refractivity contribution >= 4 is 53.4 Å². The monoisotopic (exact) mass is 773 g/mol. The maximum atomic E-state index is 6.59. The van der Waals surface area contributed by atoms with Crippen LogP contribution in [0.5, 0.6) is 0 Å². The summed E-state index contributed by atoms with van der Waals surface area (Å²) in [5.74, 6) is 1.86. The summed E-state index contributed by atoms with van der Waals surface area (Å²) in [6, 6.07) is 62.3. The van der Waals surface area contributed by atoms with E-state index in [2.05, 4.69) is 172 Å². The summed E-state index contributed by atoms with van der Waals surface area (Å²) in [6.45, 7) is 4.66. The van der Waals surface area contributed by atoms with E-state index >= 15 is 0 Å². The Kier molecular flexibility index (Phi) is 7.41. The number of hydrogen-bond donors (Lipinski definition) is 0. The fourth-order valence-corrected chi connectivity index (χ4v) is 10.5. The highest BCUT2D eigenvalue weighted by molar-refractivity contribution is 7.26. The Bertz CT molecular complexity index is 3470. The molecule has 0 spiro atoms. The molecule has 1 aliphatic carbocycles. The van der Waals surface area contributed by atoms with Crippen molar-refractivity contribution in [1.82, 2.24) is 15.0 Å². The van der Waals surface area contributed by atoms with E-state index < -0.39 is 0 Å². The van der Waals surface area contributed by atoms with Gasteiger partial charge in [-0.05, 0) is 74.8 Å². The zero-order valence-corrected chi connectivity index (χ0v) is 33.2. The minimum atomic E-state index is -0.0856. The maximum Gasteiger partial charge on any atom is 0.165 e. The second kappa shape index (κ2) is 12.9. The summed E-state index contributed by atoms with van der Waals surface area (Å²) in [6.07, 6.45) is 0. The second-order valence-electron chi connectivity index (χ2n) is 15.9. The molecule has 12 rings (SSSR count). The Hall–Kier alpha value is -7.21. The molecule has 8 aromatic carbocycles. The van der Waals surface area contributed by atoms with Gasteiger partial charge < -0.3 is 4.42 Å². The van der Waals surface area contributed by atoms with Crippen molar-refractivity contribution < 1.29 is 4.42 Å². The highest BCUT2D eigenvalue weighted by Gasteiger charge is 2.36. The average Bonchev–Trinajstić information content (AvgIpc) is 3.94. The van der Waals surface area contributed by atoms with E-state index in [0.717, 1.165) is 54.5 Å². The fourth-order valence-electron chi connectivity index (χ4n) is 9.29. The minimum absolute atomic E-state index is 0.0856. The molecule has 0 fully saturated rings. The van der Waals surface area contributed by atoms with Gasteiger partial charge in [0.05, 0.1) is 0 Å². The molecule has 4 nitrogen and oxygen atoms in total. The number of fused-ring (bicyclic) bond motifs is 9. The standard InChI is InChI=1S/C54H35N3OS/c1-54(2)43-21-8-6-16-39(43)48-36(17-11-22-44(48)54)35-29-30-45-42(31-35)49-40(19-12-23-46(49)58-45)52-55-51(34-27-25-33(26-28-34)32-13-4-3-5-14-32)56-53(57-52)41-20-10-18-38-37-15-7-9-24-47(37)59-50(38)41/h3-31H,1-2H3. The molecule has 5 heteroatoms. The van der Waals surface area contributed by atoms with Crippen molar-refractivity contribution in [2.75, 3.05) is 0 Å². The normalized spacial score (nSPS) is 13.1. The molecule has 0 aliphatic heterocycles. The lowest BCUT2D eigenvalue weighted by Crippen LogP contribution is -2.14. The lowest BCUT2D eigenvalue weighted by atomic mass is 9.82. The first-order valence-corrected chi connectivity index (χ1v) is 20.8. The van der Waals surface area contributed by atoms with Crippen molar-refractivity contribution in [2.24, 2.45) is 0 Å². The van der Waals surface area contributed by atoms with Crippen LogP contribution in [0.3, 0.4) is 0 Å². The Morgan fingerprint density at radius 2 is 1.03 bits per heavy atom. The van der Waals surface area contributed by atoms with E-state index in [9.17, 15) is 0 Å². The largest absolute Gasteiger partial charge is 0.456 e. The summed E-state index contributed by atoms with van der Waals surface area (Å²) < 4.78 is 8.99. The van der Waals surface area contributed by atoms with Gasteiger partial charge in [0.2, 0.25) is 0 Å². The number of furan rings is 1. The van der Waals surface area contributed by atoms with E-state index in [1.54, 1.807) is 11.3 Å². The highest BCUT2D eigenvalue weighted by atomic mass is 32.1. The van der Waals surface area contributed by atoms with E-state index in [1.165, 1.54) is 48.9 Å². The molecule has 0 N–H and O–H groups in total. The zero-order chi connectivity index (χ0) is 39.2. The van der Waals surface area contributed by atoms with E-state index in [0.29, 0.717) is 17.5 Å². The van der Waals surface area contributed by atoms with E-state index in [1.807, 2.05) is 18.2 Å². The van der Waals surface area contributed by atoms with Crippen LogP contribution in [-0.2, 0) is 5.41 Å². The fraction of sp³-hybridized carbons (Fsp3) is 0.0556. The predicted octanol–water partition coefficient (Wildman–Crippen LogP) is 14.8. The molecule has 0 saturated heterocycles. The number of nitrogens with zero attached hydrogens (tertiary/aromatic N) is 3. The van der Waals surface area contributed by atoms with Gasteiger partial charge in [0.1, 0.15) is 11.2 Å². The van der Waals surface area contributed by atoms with Crippen molar-refractivity contribution in [1.29, 1.82) is 0 Å². The predicted molar refractivity (Wildman–Crippen MR) is 245 cm³/mol. The molecule has 3 heterocycles. The van der Waals surface area contributed by atoms with Crippen LogP contribution in [0.4, 0.5) is 0 Å². The smallest absolute Gasteiger partial charge is 0.165 e. The number of aromatic nitrogens is 3. The number of benzene rings is 8. The summed E-state index contributed by atoms with van der Waals surface area (Å²) in [5, 5.41) is 4.45. The molecular formula is C54H35N3OS. The van der Waals surface area contributed by atoms with Gasteiger partial charge in [0, 0.05) is 53.1 Å². The first-order valence-electron chi connectivity index (χ1n) is 20.0. The molecule has 0 bridgehead atoms. The van der Waals surface area contributed by atoms with Crippen LogP contribution in [0.2, 0.25) is 0 Å². The molecule has 0 radical (unpaired) electrons. The molecular weight excluding hydrogens is 739 g/mol. The number of hydrogen-bond acceptors (Lipinski definition) is 5. The van der Waals surface area contributed by atoms with Crippen LogP contribution < -0.4 is 0 Å². The van der Waals surface area contributed by atoms with Crippen LogP contribution >= 0.6 is 11.3 Å². The topological polar surface area (TPSA) is 51.8 Å².